The highest BCUT2D eigenvalue weighted by Gasteiger charge is 2.22. The van der Waals surface area contributed by atoms with Gasteiger partial charge in [-0.2, -0.15) is 0 Å². The van der Waals surface area contributed by atoms with E-state index in [2.05, 4.69) is 5.32 Å². The van der Waals surface area contributed by atoms with Gasteiger partial charge in [0.15, 0.2) is 0 Å². The summed E-state index contributed by atoms with van der Waals surface area (Å²) < 4.78 is 0. The molecule has 1 aromatic carbocycles. The molecule has 1 rings (SSSR count). The van der Waals surface area contributed by atoms with E-state index in [4.69, 9.17) is 5.11 Å². The number of hydrogen-bond donors (Lipinski definition) is 2. The Morgan fingerprint density at radius 3 is 2.61 bits per heavy atom. The number of nitrogens with zero attached hydrogens (tertiary/aromatic N) is 1. The number of nitrogens with one attached hydrogen (secondary N) is 1. The topological polar surface area (TPSA) is 92.5 Å². The lowest BCUT2D eigenvalue weighted by atomic mass is 9.98. The molecule has 0 aromatic heterocycles. The highest BCUT2D eigenvalue weighted by molar-refractivity contribution is 5.67. The summed E-state index contributed by atoms with van der Waals surface area (Å²) in [6.45, 7) is 3.62. The van der Waals surface area contributed by atoms with E-state index in [0.29, 0.717) is 12.1 Å². The number of hydrogen-bond acceptors (Lipinski definition) is 4. The maximum atomic E-state index is 10.8. The van der Waals surface area contributed by atoms with Crippen LogP contribution in [-0.4, -0.2) is 21.5 Å². The predicted octanol–water partition coefficient (Wildman–Crippen LogP) is 2.65. The van der Waals surface area contributed by atoms with Gasteiger partial charge in [0, 0.05) is 18.0 Å². The molecule has 6 heteroatoms. The fourth-order valence-corrected chi connectivity index (χ4v) is 1.59. The largest absolute Gasteiger partial charge is 0.481 e. The molecule has 0 radical (unpaired) electrons. The van der Waals surface area contributed by atoms with E-state index in [1.165, 1.54) is 6.07 Å². The molecule has 2 N–H and O–H groups in total. The van der Waals surface area contributed by atoms with Crippen LogP contribution in [0.15, 0.2) is 24.3 Å². The number of benzene rings is 1. The van der Waals surface area contributed by atoms with Crippen LogP contribution in [0.4, 0.5) is 11.4 Å². The number of carboxylic acids is 1. The predicted molar refractivity (Wildman–Crippen MR) is 67.7 cm³/mol. The first-order valence-corrected chi connectivity index (χ1v) is 5.55. The first-order chi connectivity index (χ1) is 8.32. The second-order valence-corrected chi connectivity index (χ2v) is 4.68. The summed E-state index contributed by atoms with van der Waals surface area (Å²) in [5.74, 6) is -0.882. The monoisotopic (exact) mass is 252 g/mol. The SMILES string of the molecule is CC(C)(CCC(=O)O)Nc1ccccc1[N+](=O)[O-]. The van der Waals surface area contributed by atoms with Crippen LogP contribution >= 0.6 is 0 Å². The number of carbonyl (C=O) groups is 1. The molecule has 0 saturated heterocycles. The van der Waals surface area contributed by atoms with Gasteiger partial charge in [0.1, 0.15) is 5.69 Å². The molecule has 0 aliphatic heterocycles. The molecule has 0 bridgehead atoms. The summed E-state index contributed by atoms with van der Waals surface area (Å²) in [5.41, 5.74) is -0.136. The molecule has 0 aliphatic carbocycles. The maximum Gasteiger partial charge on any atom is 0.303 e. The van der Waals surface area contributed by atoms with Crippen LogP contribution in [0.25, 0.3) is 0 Å². The Bertz CT molecular complexity index is 457. The van der Waals surface area contributed by atoms with Gasteiger partial charge in [-0.25, -0.2) is 0 Å². The van der Waals surface area contributed by atoms with Gasteiger partial charge in [0.2, 0.25) is 0 Å². The van der Waals surface area contributed by atoms with Gasteiger partial charge in [-0.15, -0.1) is 0 Å². The minimum Gasteiger partial charge on any atom is -0.481 e. The van der Waals surface area contributed by atoms with Crippen LogP contribution in [0, 0.1) is 10.1 Å². The normalized spacial score (nSPS) is 11.0. The molecule has 0 spiro atoms. The third-order valence-corrected chi connectivity index (χ3v) is 2.54. The highest BCUT2D eigenvalue weighted by Crippen LogP contribution is 2.28. The fourth-order valence-electron chi connectivity index (χ4n) is 1.59. The zero-order valence-corrected chi connectivity index (χ0v) is 10.3. The second-order valence-electron chi connectivity index (χ2n) is 4.68. The smallest absolute Gasteiger partial charge is 0.303 e. The number of aliphatic carboxylic acids is 1. The van der Waals surface area contributed by atoms with Crippen molar-refractivity contribution in [3.8, 4) is 0 Å². The Labute approximate surface area is 105 Å². The van der Waals surface area contributed by atoms with Crippen LogP contribution < -0.4 is 5.32 Å². The Kier molecular flexibility index (Phi) is 4.25. The van der Waals surface area contributed by atoms with E-state index < -0.39 is 16.4 Å². The molecular formula is C12H16N2O4. The van der Waals surface area contributed by atoms with Gasteiger partial charge in [-0.1, -0.05) is 12.1 Å². The summed E-state index contributed by atoms with van der Waals surface area (Å²) in [4.78, 5) is 20.9. The van der Waals surface area contributed by atoms with E-state index in [1.807, 2.05) is 13.8 Å². The van der Waals surface area contributed by atoms with Gasteiger partial charge in [-0.05, 0) is 26.3 Å². The fraction of sp³-hybridized carbons (Fsp3) is 0.417. The van der Waals surface area contributed by atoms with Crippen LogP contribution in [-0.2, 0) is 4.79 Å². The van der Waals surface area contributed by atoms with Crippen molar-refractivity contribution in [2.75, 3.05) is 5.32 Å². The molecule has 98 valence electrons. The number of anilines is 1. The lowest BCUT2D eigenvalue weighted by molar-refractivity contribution is -0.384. The van der Waals surface area contributed by atoms with Crippen molar-refractivity contribution in [2.24, 2.45) is 0 Å². The van der Waals surface area contributed by atoms with Crippen LogP contribution in [0.1, 0.15) is 26.7 Å². The quantitative estimate of drug-likeness (QED) is 0.599. The van der Waals surface area contributed by atoms with Crippen LogP contribution in [0.5, 0.6) is 0 Å². The Morgan fingerprint density at radius 1 is 1.44 bits per heavy atom. The van der Waals surface area contributed by atoms with Crippen molar-refractivity contribution in [1.29, 1.82) is 0 Å². The van der Waals surface area contributed by atoms with Gasteiger partial charge in [0.05, 0.1) is 4.92 Å². The third-order valence-electron chi connectivity index (χ3n) is 2.54. The number of para-hydroxylation sites is 2. The van der Waals surface area contributed by atoms with E-state index >= 15 is 0 Å². The minimum atomic E-state index is -0.882. The summed E-state index contributed by atoms with van der Waals surface area (Å²) in [6.07, 6.45) is 0.398. The van der Waals surface area contributed by atoms with E-state index in [-0.39, 0.29) is 12.1 Å². The molecule has 0 atom stereocenters. The highest BCUT2D eigenvalue weighted by atomic mass is 16.6. The molecule has 0 saturated carbocycles. The summed E-state index contributed by atoms with van der Waals surface area (Å²) in [7, 11) is 0. The van der Waals surface area contributed by atoms with E-state index in [0.717, 1.165) is 0 Å². The number of rotatable bonds is 6. The molecule has 0 amide bonds. The molecule has 0 unspecified atom stereocenters. The molecule has 0 heterocycles. The molecule has 18 heavy (non-hydrogen) atoms. The van der Waals surface area contributed by atoms with Crippen molar-refractivity contribution in [3.63, 3.8) is 0 Å². The molecule has 1 aromatic rings. The van der Waals surface area contributed by atoms with Gasteiger partial charge < -0.3 is 10.4 Å². The third kappa shape index (κ3) is 4.04. The minimum absolute atomic E-state index is 0.0131. The average Bonchev–Trinajstić information content (AvgIpc) is 2.26. The average molecular weight is 252 g/mol. The van der Waals surface area contributed by atoms with Gasteiger partial charge in [-0.3, -0.25) is 14.9 Å². The zero-order valence-electron chi connectivity index (χ0n) is 10.3. The lowest BCUT2D eigenvalue weighted by Gasteiger charge is -2.26. The van der Waals surface area contributed by atoms with Crippen LogP contribution in [0.3, 0.4) is 0 Å². The van der Waals surface area contributed by atoms with E-state index in [1.54, 1.807) is 18.2 Å². The molecule has 0 aliphatic rings. The molecule has 0 fully saturated rings. The Balaban J connectivity index is 2.83. The molecule has 6 nitrogen and oxygen atoms in total. The zero-order chi connectivity index (χ0) is 13.8. The van der Waals surface area contributed by atoms with Crippen molar-refractivity contribution in [3.05, 3.63) is 34.4 Å². The number of carboxylic acid groups (broad SMARTS) is 1. The van der Waals surface area contributed by atoms with Crippen molar-refractivity contribution in [2.45, 2.75) is 32.2 Å². The van der Waals surface area contributed by atoms with E-state index in [9.17, 15) is 14.9 Å². The van der Waals surface area contributed by atoms with Crippen molar-refractivity contribution in [1.82, 2.24) is 0 Å². The Hall–Kier alpha value is -2.11. The lowest BCUT2D eigenvalue weighted by Crippen LogP contribution is -2.31. The number of nitro groups is 1. The number of nitro benzene ring substituents is 1. The summed E-state index contributed by atoms with van der Waals surface area (Å²) >= 11 is 0. The first kappa shape index (κ1) is 14.0. The van der Waals surface area contributed by atoms with Gasteiger partial charge in [0.25, 0.3) is 5.69 Å². The first-order valence-electron chi connectivity index (χ1n) is 5.55. The maximum absolute atomic E-state index is 10.8. The molecular weight excluding hydrogens is 236 g/mol. The Morgan fingerprint density at radius 2 is 2.06 bits per heavy atom. The summed E-state index contributed by atoms with van der Waals surface area (Å²) in [6, 6.07) is 6.31. The van der Waals surface area contributed by atoms with Crippen molar-refractivity contribution < 1.29 is 14.8 Å². The van der Waals surface area contributed by atoms with Crippen molar-refractivity contribution >= 4 is 17.3 Å². The standard InChI is InChI=1S/C12H16N2O4/c1-12(2,8-7-11(15)16)13-9-5-3-4-6-10(9)14(17)18/h3-6,13H,7-8H2,1-2H3,(H,15,16). The van der Waals surface area contributed by atoms with Crippen LogP contribution in [0.2, 0.25) is 0 Å². The second kappa shape index (κ2) is 5.48. The summed E-state index contributed by atoms with van der Waals surface area (Å²) in [5, 5.41) is 22.5. The van der Waals surface area contributed by atoms with Gasteiger partial charge >= 0.3 is 5.97 Å².